The number of likely N-dealkylation sites (tertiary alicyclic amines) is 1. The van der Waals surface area contributed by atoms with Crippen molar-refractivity contribution in [1.82, 2.24) is 4.90 Å². The molecule has 3 atom stereocenters. The molecule has 2 aromatic carbocycles. The molecule has 0 saturated carbocycles. The molecule has 0 spiro atoms. The van der Waals surface area contributed by atoms with E-state index in [1.54, 1.807) is 17.0 Å². The lowest BCUT2D eigenvalue weighted by Gasteiger charge is -2.36. The van der Waals surface area contributed by atoms with E-state index in [-0.39, 0.29) is 22.1 Å². The van der Waals surface area contributed by atoms with Crippen molar-refractivity contribution in [3.05, 3.63) is 48.0 Å². The molecule has 2 aromatic rings. The molecule has 1 amide bonds. The van der Waals surface area contributed by atoms with Crippen LogP contribution < -0.4 is 14.2 Å². The minimum absolute atomic E-state index is 0.00801. The molecule has 2 heterocycles. The van der Waals surface area contributed by atoms with Gasteiger partial charge in [0.2, 0.25) is 0 Å². The summed E-state index contributed by atoms with van der Waals surface area (Å²) in [6, 6.07) is 10.4. The first-order chi connectivity index (χ1) is 16.6. The number of sulfonamides is 1. The van der Waals surface area contributed by atoms with Crippen molar-refractivity contribution in [2.45, 2.75) is 38.2 Å². The van der Waals surface area contributed by atoms with Crippen molar-refractivity contribution in [2.75, 3.05) is 31.0 Å². The van der Waals surface area contributed by atoms with E-state index >= 15 is 0 Å². The molecule has 0 radical (unpaired) electrons. The molecular weight excluding hydrogens is 472 g/mol. The minimum atomic E-state index is -4.05. The number of esters is 1. The van der Waals surface area contributed by atoms with Gasteiger partial charge in [0, 0.05) is 19.2 Å². The quantitative estimate of drug-likeness (QED) is 0.603. The number of benzene rings is 2. The summed E-state index contributed by atoms with van der Waals surface area (Å²) in [5, 5.41) is 0. The molecule has 0 unspecified atom stereocenters. The number of ether oxygens (including phenoxy) is 3. The Morgan fingerprint density at radius 1 is 1.03 bits per heavy atom. The van der Waals surface area contributed by atoms with Gasteiger partial charge in [0.15, 0.2) is 17.6 Å². The highest BCUT2D eigenvalue weighted by atomic mass is 32.2. The van der Waals surface area contributed by atoms with Gasteiger partial charge < -0.3 is 19.1 Å². The van der Waals surface area contributed by atoms with Crippen LogP contribution in [0.5, 0.6) is 11.5 Å². The van der Waals surface area contributed by atoms with Crippen molar-refractivity contribution in [2.24, 2.45) is 11.8 Å². The molecule has 9 nitrogen and oxygen atoms in total. The molecule has 0 bridgehead atoms. The van der Waals surface area contributed by atoms with Crippen molar-refractivity contribution < 1.29 is 32.2 Å². The van der Waals surface area contributed by atoms with Crippen LogP contribution in [0.15, 0.2) is 47.4 Å². The predicted molar refractivity (Wildman–Crippen MR) is 129 cm³/mol. The van der Waals surface area contributed by atoms with Crippen LogP contribution in [0.25, 0.3) is 0 Å². The smallest absolute Gasteiger partial charge is 0.341 e. The average molecular weight is 503 g/mol. The molecule has 0 aromatic heterocycles. The number of hydrogen-bond donors (Lipinski definition) is 1. The topological polar surface area (TPSA) is 111 Å². The molecule has 188 valence electrons. The number of nitrogens with zero attached hydrogens (tertiary/aromatic N) is 1. The van der Waals surface area contributed by atoms with Crippen molar-refractivity contribution in [1.29, 1.82) is 0 Å². The molecule has 0 aliphatic carbocycles. The van der Waals surface area contributed by atoms with Gasteiger partial charge in [0.05, 0.1) is 16.1 Å². The van der Waals surface area contributed by atoms with E-state index in [0.29, 0.717) is 49.6 Å². The van der Waals surface area contributed by atoms with E-state index in [1.165, 1.54) is 37.3 Å². The van der Waals surface area contributed by atoms with Crippen LogP contribution in [0.1, 0.15) is 37.6 Å². The normalized spacial score (nSPS) is 20.6. The summed E-state index contributed by atoms with van der Waals surface area (Å²) in [5.74, 6) is 0.508. The molecular formula is C25H30N2O7S. The summed E-state index contributed by atoms with van der Waals surface area (Å²) < 4.78 is 44.9. The lowest BCUT2D eigenvalue weighted by atomic mass is 9.91. The molecule has 1 N–H and O–H groups in total. The van der Waals surface area contributed by atoms with E-state index < -0.39 is 22.1 Å². The summed E-state index contributed by atoms with van der Waals surface area (Å²) in [4.78, 5) is 27.5. The van der Waals surface area contributed by atoms with Gasteiger partial charge in [-0.2, -0.15) is 0 Å². The zero-order valence-electron chi connectivity index (χ0n) is 20.0. The van der Waals surface area contributed by atoms with Gasteiger partial charge >= 0.3 is 5.97 Å². The van der Waals surface area contributed by atoms with Crippen LogP contribution in [0, 0.1) is 11.8 Å². The zero-order chi connectivity index (χ0) is 25.2. The predicted octanol–water partition coefficient (Wildman–Crippen LogP) is 3.31. The Morgan fingerprint density at radius 3 is 2.40 bits per heavy atom. The van der Waals surface area contributed by atoms with Gasteiger partial charge in [0.1, 0.15) is 13.2 Å². The number of fused-ring (bicyclic) bond motifs is 1. The molecule has 1 saturated heterocycles. The maximum Gasteiger partial charge on any atom is 0.341 e. The van der Waals surface area contributed by atoms with Crippen LogP contribution in [-0.4, -0.2) is 57.6 Å². The summed E-state index contributed by atoms with van der Waals surface area (Å²) in [7, 11) is -4.05. The average Bonchev–Trinajstić information content (AvgIpc) is 2.82. The number of nitrogens with one attached hydrogen (secondary N) is 1. The minimum Gasteiger partial charge on any atom is -0.486 e. The largest absolute Gasteiger partial charge is 0.486 e. The summed E-state index contributed by atoms with van der Waals surface area (Å²) in [6.45, 7) is 7.68. The van der Waals surface area contributed by atoms with Crippen LogP contribution in [0.3, 0.4) is 0 Å². The number of carbonyl (C=O) groups is 2. The fourth-order valence-electron chi connectivity index (χ4n) is 4.52. The van der Waals surface area contributed by atoms with Crippen molar-refractivity contribution in [3.63, 3.8) is 0 Å². The first kappa shape index (κ1) is 24.8. The second-order valence-corrected chi connectivity index (χ2v) is 10.9. The van der Waals surface area contributed by atoms with Crippen molar-refractivity contribution >= 4 is 27.6 Å². The van der Waals surface area contributed by atoms with E-state index in [0.717, 1.165) is 6.42 Å². The van der Waals surface area contributed by atoms with Gasteiger partial charge in [-0.25, -0.2) is 13.2 Å². The number of anilines is 1. The maximum absolute atomic E-state index is 13.0. The Balaban J connectivity index is 1.48. The third-order valence-corrected chi connectivity index (χ3v) is 7.39. The standard InChI is InChI=1S/C25H30N2O7S/c1-16-12-17(2)15-27(14-16)24(28)18(3)34-25(29)20-6-4-5-7-21(20)26-35(30,31)19-8-9-22-23(13-19)33-11-10-32-22/h4-9,13,16-18,26H,10-12,14-15H2,1-3H3/t16-,17+,18-/m1/s1. The first-order valence-corrected chi connectivity index (χ1v) is 13.1. The van der Waals surface area contributed by atoms with Gasteiger partial charge in [-0.15, -0.1) is 0 Å². The number of hydrogen-bond acceptors (Lipinski definition) is 7. The Hall–Kier alpha value is -3.27. The van der Waals surface area contributed by atoms with Crippen LogP contribution in [0.2, 0.25) is 0 Å². The third-order valence-electron chi connectivity index (χ3n) is 6.03. The monoisotopic (exact) mass is 502 g/mol. The number of para-hydroxylation sites is 1. The summed E-state index contributed by atoms with van der Waals surface area (Å²) in [6.07, 6.45) is 0.0527. The highest BCUT2D eigenvalue weighted by molar-refractivity contribution is 7.92. The number of rotatable bonds is 6. The summed E-state index contributed by atoms with van der Waals surface area (Å²) in [5.41, 5.74) is 0.0564. The molecule has 10 heteroatoms. The van der Waals surface area contributed by atoms with E-state index in [2.05, 4.69) is 18.6 Å². The highest BCUT2D eigenvalue weighted by Gasteiger charge is 2.31. The highest BCUT2D eigenvalue weighted by Crippen LogP contribution is 2.33. The van der Waals surface area contributed by atoms with E-state index in [4.69, 9.17) is 14.2 Å². The van der Waals surface area contributed by atoms with Gasteiger partial charge in [-0.1, -0.05) is 26.0 Å². The molecule has 1 fully saturated rings. The van der Waals surface area contributed by atoms with Gasteiger partial charge in [0.25, 0.3) is 15.9 Å². The van der Waals surface area contributed by atoms with Gasteiger partial charge in [-0.05, 0) is 49.4 Å². The maximum atomic E-state index is 13.0. The molecule has 2 aliphatic rings. The number of amides is 1. The Bertz CT molecular complexity index is 1200. The van der Waals surface area contributed by atoms with Crippen LogP contribution >= 0.6 is 0 Å². The van der Waals surface area contributed by atoms with Crippen molar-refractivity contribution in [3.8, 4) is 11.5 Å². The van der Waals surface area contributed by atoms with E-state index in [1.807, 2.05) is 0 Å². The SMILES string of the molecule is C[C@@H]1C[C@H](C)CN(C(=O)[C@@H](C)OC(=O)c2ccccc2NS(=O)(=O)c2ccc3c(c2)OCCO3)C1. The lowest BCUT2D eigenvalue weighted by Crippen LogP contribution is -2.47. The van der Waals surface area contributed by atoms with Crippen LogP contribution in [-0.2, 0) is 19.6 Å². The summed E-state index contributed by atoms with van der Waals surface area (Å²) >= 11 is 0. The van der Waals surface area contributed by atoms with Gasteiger partial charge in [-0.3, -0.25) is 9.52 Å². The Kier molecular flexibility index (Phi) is 7.20. The zero-order valence-corrected chi connectivity index (χ0v) is 20.8. The first-order valence-electron chi connectivity index (χ1n) is 11.7. The molecule has 35 heavy (non-hydrogen) atoms. The van der Waals surface area contributed by atoms with Crippen LogP contribution in [0.4, 0.5) is 5.69 Å². The second-order valence-electron chi connectivity index (χ2n) is 9.19. The Labute approximate surface area is 205 Å². The third kappa shape index (κ3) is 5.70. The molecule has 2 aliphatic heterocycles. The molecule has 4 rings (SSSR count). The number of carbonyl (C=O) groups excluding carboxylic acids is 2. The fourth-order valence-corrected chi connectivity index (χ4v) is 5.61. The van der Waals surface area contributed by atoms with E-state index in [9.17, 15) is 18.0 Å². The lowest BCUT2D eigenvalue weighted by molar-refractivity contribution is -0.142. The Morgan fingerprint density at radius 2 is 1.69 bits per heavy atom. The fraction of sp³-hybridized carbons (Fsp3) is 0.440. The second kappa shape index (κ2) is 10.2. The number of piperidine rings is 1.